The summed E-state index contributed by atoms with van der Waals surface area (Å²) in [5, 5.41) is 4.31. The van der Waals surface area contributed by atoms with Gasteiger partial charge in [-0.25, -0.2) is 0 Å². The van der Waals surface area contributed by atoms with Crippen LogP contribution in [0.1, 0.15) is 43.2 Å². The molecule has 4 nitrogen and oxygen atoms in total. The van der Waals surface area contributed by atoms with Crippen molar-refractivity contribution < 1.29 is 9.53 Å². The number of hydrogen-bond donors (Lipinski definition) is 1. The zero-order valence-corrected chi connectivity index (χ0v) is 21.2. The summed E-state index contributed by atoms with van der Waals surface area (Å²) in [6.07, 6.45) is 7.20. The topological polar surface area (TPSA) is 41.6 Å². The first-order chi connectivity index (χ1) is 14.9. The number of benzene rings is 2. The molecule has 2 aromatic rings. The van der Waals surface area contributed by atoms with Gasteiger partial charge in [-0.2, -0.15) is 0 Å². The van der Waals surface area contributed by atoms with Crippen LogP contribution in [0.5, 0.6) is 5.75 Å². The van der Waals surface area contributed by atoms with Crippen molar-refractivity contribution >= 4 is 75.1 Å². The number of nitrogens with zero attached hydrogens (tertiary/aromatic N) is 1. The van der Waals surface area contributed by atoms with Crippen molar-refractivity contribution in [2.75, 3.05) is 0 Å². The van der Waals surface area contributed by atoms with E-state index in [1.807, 2.05) is 24.3 Å². The van der Waals surface area contributed by atoms with Gasteiger partial charge in [0.2, 0.25) is 0 Å². The van der Waals surface area contributed by atoms with Crippen LogP contribution in [-0.4, -0.2) is 22.0 Å². The summed E-state index contributed by atoms with van der Waals surface area (Å²) >= 11 is 20.6. The first kappa shape index (κ1) is 22.8. The van der Waals surface area contributed by atoms with Crippen LogP contribution in [-0.2, 0) is 11.4 Å². The lowest BCUT2D eigenvalue weighted by Gasteiger charge is -2.29. The summed E-state index contributed by atoms with van der Waals surface area (Å²) in [5.41, 5.74) is 2.17. The molecule has 2 aliphatic rings. The van der Waals surface area contributed by atoms with Gasteiger partial charge in [0.15, 0.2) is 10.9 Å². The summed E-state index contributed by atoms with van der Waals surface area (Å²) in [4.78, 5) is 14.7. The summed E-state index contributed by atoms with van der Waals surface area (Å²) in [6.45, 7) is 0.363. The minimum absolute atomic E-state index is 0.0943. The Balaban J connectivity index is 1.49. The minimum atomic E-state index is -0.0943. The SMILES string of the molecule is O=C1/C(=C/c2cc(Cl)c(OCc3ccc(I)cc3)c(Cl)c2)NC(=S)N1C1CCCCC1. The van der Waals surface area contributed by atoms with Gasteiger partial charge in [-0.05, 0) is 89.1 Å². The molecule has 1 saturated heterocycles. The molecular formula is C23H21Cl2IN2O2S. The molecule has 8 heteroatoms. The van der Waals surface area contributed by atoms with Crippen LogP contribution in [0.4, 0.5) is 0 Å². The van der Waals surface area contributed by atoms with E-state index in [0.29, 0.717) is 38.8 Å². The van der Waals surface area contributed by atoms with Crippen LogP contribution in [0.25, 0.3) is 6.08 Å². The summed E-state index contributed by atoms with van der Waals surface area (Å²) in [6, 6.07) is 11.7. The minimum Gasteiger partial charge on any atom is -0.486 e. The molecule has 162 valence electrons. The number of carbonyl (C=O) groups excluding carboxylic acids is 1. The van der Waals surface area contributed by atoms with E-state index in [2.05, 4.69) is 27.9 Å². The fraction of sp³-hybridized carbons (Fsp3) is 0.304. The molecule has 1 aliphatic heterocycles. The zero-order valence-electron chi connectivity index (χ0n) is 16.7. The Bertz CT molecular complexity index is 1010. The molecule has 31 heavy (non-hydrogen) atoms. The van der Waals surface area contributed by atoms with Crippen LogP contribution in [0, 0.1) is 3.57 Å². The average Bonchev–Trinajstić information content (AvgIpc) is 3.02. The fourth-order valence-electron chi connectivity index (χ4n) is 3.92. The first-order valence-corrected chi connectivity index (χ1v) is 12.4. The van der Waals surface area contributed by atoms with Crippen molar-refractivity contribution in [2.45, 2.75) is 44.8 Å². The van der Waals surface area contributed by atoms with E-state index in [-0.39, 0.29) is 11.9 Å². The molecule has 0 atom stereocenters. The van der Waals surface area contributed by atoms with Gasteiger partial charge in [0, 0.05) is 9.61 Å². The molecule has 0 spiro atoms. The maximum absolute atomic E-state index is 13.0. The van der Waals surface area contributed by atoms with E-state index in [1.54, 1.807) is 23.1 Å². The first-order valence-electron chi connectivity index (χ1n) is 10.1. The molecule has 2 fully saturated rings. The number of nitrogens with one attached hydrogen (secondary N) is 1. The predicted molar refractivity (Wildman–Crippen MR) is 137 cm³/mol. The smallest absolute Gasteiger partial charge is 0.276 e. The molecule has 1 aliphatic carbocycles. The fourth-order valence-corrected chi connectivity index (χ4v) is 5.24. The number of halogens is 3. The van der Waals surface area contributed by atoms with Crippen molar-refractivity contribution in [1.82, 2.24) is 10.2 Å². The maximum atomic E-state index is 13.0. The van der Waals surface area contributed by atoms with Crippen LogP contribution < -0.4 is 10.1 Å². The molecule has 0 unspecified atom stereocenters. The Labute approximate surface area is 211 Å². The monoisotopic (exact) mass is 586 g/mol. The highest BCUT2D eigenvalue weighted by Crippen LogP contribution is 2.36. The number of carbonyl (C=O) groups is 1. The van der Waals surface area contributed by atoms with E-state index in [9.17, 15) is 4.79 Å². The molecule has 2 aromatic carbocycles. The quantitative estimate of drug-likeness (QED) is 0.244. The Morgan fingerprint density at radius 1 is 1.13 bits per heavy atom. The second-order valence-corrected chi connectivity index (χ2v) is 10.1. The van der Waals surface area contributed by atoms with Gasteiger partial charge >= 0.3 is 0 Å². The highest BCUT2D eigenvalue weighted by molar-refractivity contribution is 14.1. The van der Waals surface area contributed by atoms with Gasteiger partial charge in [-0.15, -0.1) is 0 Å². The van der Waals surface area contributed by atoms with E-state index >= 15 is 0 Å². The van der Waals surface area contributed by atoms with Crippen molar-refractivity contribution in [3.05, 3.63) is 66.8 Å². The van der Waals surface area contributed by atoms with Crippen molar-refractivity contribution in [3.8, 4) is 5.75 Å². The Morgan fingerprint density at radius 2 is 1.77 bits per heavy atom. The van der Waals surface area contributed by atoms with Gasteiger partial charge in [0.1, 0.15) is 12.3 Å². The molecular weight excluding hydrogens is 566 g/mol. The molecule has 1 heterocycles. The number of hydrogen-bond acceptors (Lipinski definition) is 3. The van der Waals surface area contributed by atoms with Crippen molar-refractivity contribution in [2.24, 2.45) is 0 Å². The van der Waals surface area contributed by atoms with Crippen LogP contribution in [0.2, 0.25) is 10.0 Å². The highest BCUT2D eigenvalue weighted by atomic mass is 127. The lowest BCUT2D eigenvalue weighted by Crippen LogP contribution is -2.41. The van der Waals surface area contributed by atoms with Gasteiger partial charge in [-0.3, -0.25) is 9.69 Å². The largest absolute Gasteiger partial charge is 0.486 e. The lowest BCUT2D eigenvalue weighted by atomic mass is 9.94. The predicted octanol–water partition coefficient (Wildman–Crippen LogP) is 6.57. The van der Waals surface area contributed by atoms with E-state index < -0.39 is 0 Å². The zero-order chi connectivity index (χ0) is 22.0. The molecule has 0 bridgehead atoms. The maximum Gasteiger partial charge on any atom is 0.276 e. The van der Waals surface area contributed by atoms with E-state index in [0.717, 1.165) is 34.8 Å². The second-order valence-electron chi connectivity index (χ2n) is 7.68. The number of amides is 1. The summed E-state index contributed by atoms with van der Waals surface area (Å²) in [5.74, 6) is 0.331. The third-order valence-electron chi connectivity index (χ3n) is 5.48. The van der Waals surface area contributed by atoms with Gasteiger partial charge in [0.05, 0.1) is 10.0 Å². The molecule has 4 rings (SSSR count). The number of rotatable bonds is 5. The summed E-state index contributed by atoms with van der Waals surface area (Å²) < 4.78 is 7.01. The highest BCUT2D eigenvalue weighted by Gasteiger charge is 2.36. The molecule has 1 amide bonds. The standard InChI is InChI=1S/C23H21Cl2IN2O2S/c24-18-10-15(11-19(25)21(18)30-13-14-6-8-16(26)9-7-14)12-20-22(29)28(23(31)27-20)17-4-2-1-3-5-17/h6-12,17H,1-5,13H2,(H,27,31)/b20-12-. The molecule has 0 radical (unpaired) electrons. The molecule has 1 saturated carbocycles. The molecule has 1 N–H and O–H groups in total. The van der Waals surface area contributed by atoms with Crippen molar-refractivity contribution in [3.63, 3.8) is 0 Å². The molecule has 0 aromatic heterocycles. The van der Waals surface area contributed by atoms with Gasteiger partial charge < -0.3 is 10.1 Å². The van der Waals surface area contributed by atoms with E-state index in [1.165, 1.54) is 6.42 Å². The number of thiocarbonyl (C=S) groups is 1. The van der Waals surface area contributed by atoms with Crippen LogP contribution in [0.3, 0.4) is 0 Å². The van der Waals surface area contributed by atoms with E-state index in [4.69, 9.17) is 40.2 Å². The Hall–Kier alpha value is -1.35. The van der Waals surface area contributed by atoms with Gasteiger partial charge in [0.25, 0.3) is 5.91 Å². The number of ether oxygens (including phenoxy) is 1. The Morgan fingerprint density at radius 3 is 2.42 bits per heavy atom. The van der Waals surface area contributed by atoms with Crippen LogP contribution >= 0.6 is 58.0 Å². The van der Waals surface area contributed by atoms with Crippen molar-refractivity contribution in [1.29, 1.82) is 0 Å². The summed E-state index contributed by atoms with van der Waals surface area (Å²) in [7, 11) is 0. The normalized spacial score (nSPS) is 18.5. The average molecular weight is 587 g/mol. The third kappa shape index (κ3) is 5.35. The Kier molecular flexibility index (Phi) is 7.41. The second kappa shape index (κ2) is 10.1. The van der Waals surface area contributed by atoms with Gasteiger partial charge in [-0.1, -0.05) is 54.6 Å². The lowest BCUT2D eigenvalue weighted by molar-refractivity contribution is -0.124. The van der Waals surface area contributed by atoms with Crippen LogP contribution in [0.15, 0.2) is 42.1 Å². The third-order valence-corrected chi connectivity index (χ3v) is 7.06.